The van der Waals surface area contributed by atoms with E-state index >= 15 is 0 Å². The molecule has 3 heterocycles. The van der Waals surface area contributed by atoms with Crippen LogP contribution in [0.4, 0.5) is 34.1 Å². The van der Waals surface area contributed by atoms with Crippen LogP contribution in [-0.4, -0.2) is 6.71 Å². The molecule has 0 aliphatic carbocycles. The lowest BCUT2D eigenvalue weighted by Crippen LogP contribution is -2.60. The number of hydrogen-bond acceptors (Lipinski definition) is 3. The van der Waals surface area contributed by atoms with Crippen LogP contribution in [-0.2, 0) is 16.2 Å². The predicted molar refractivity (Wildman–Crippen MR) is 341 cm³/mol. The Balaban J connectivity index is 1.05. The second kappa shape index (κ2) is 17.7. The summed E-state index contributed by atoms with van der Waals surface area (Å²) in [6.45, 7) is 20.9. The minimum Gasteiger partial charge on any atom is -0.311 e. The van der Waals surface area contributed by atoms with E-state index in [1.807, 2.05) is 11.3 Å². The number of thiophene rings is 1. The first-order valence-electron chi connectivity index (χ1n) is 27.8. The van der Waals surface area contributed by atoms with Gasteiger partial charge in [-0.3, -0.25) is 0 Å². The first kappa shape index (κ1) is 48.2. The Hall–Kier alpha value is -8.18. The number of fused-ring (bicyclic) bond motifs is 12. The second-order valence-electron chi connectivity index (χ2n) is 24.9. The summed E-state index contributed by atoms with van der Waals surface area (Å²) in [7, 11) is 0. The molecule has 0 radical (unpaired) electrons. The minimum atomic E-state index is -0.0811. The number of benzene rings is 11. The Bertz CT molecular complexity index is 4340. The fraction of sp³-hybridized carbons (Fsp3) is 0.162. The minimum absolute atomic E-state index is 0.0169. The summed E-state index contributed by atoms with van der Waals surface area (Å²) in [4.78, 5) is 5.23. The molecule has 1 aromatic heterocycles. The van der Waals surface area contributed by atoms with Crippen molar-refractivity contribution in [2.45, 2.75) is 78.6 Å². The highest BCUT2D eigenvalue weighted by Gasteiger charge is 2.46. The lowest BCUT2D eigenvalue weighted by molar-refractivity contribution is 0.590. The maximum Gasteiger partial charge on any atom is 0.264 e. The van der Waals surface area contributed by atoms with Crippen LogP contribution in [0.5, 0.6) is 0 Å². The average molecular weight is 1020 g/mol. The SMILES string of the molecule is CC(C)(C)c1ccc(N2c3cccc4c3B(c3cc(-c5ccc(-c6ccccc6)cc5)ccc3N4c3ccc(C(C)(C)C)cc3-c3ccc4c5ccccc5c5ccccc5c4c3)c3sc4ccc(C(C)(C)C)cc4c32)cc1. The molecule has 2 aliphatic rings. The van der Waals surface area contributed by atoms with Crippen molar-refractivity contribution in [3.63, 3.8) is 0 Å². The first-order chi connectivity index (χ1) is 37.6. The lowest BCUT2D eigenvalue weighted by Gasteiger charge is -2.43. The summed E-state index contributed by atoms with van der Waals surface area (Å²) in [6.07, 6.45) is 0. The van der Waals surface area contributed by atoms with E-state index in [0.29, 0.717) is 0 Å². The third-order valence-electron chi connectivity index (χ3n) is 16.9. The van der Waals surface area contributed by atoms with E-state index in [1.54, 1.807) is 0 Å². The molecule has 378 valence electrons. The smallest absolute Gasteiger partial charge is 0.264 e. The van der Waals surface area contributed by atoms with Crippen molar-refractivity contribution in [1.82, 2.24) is 0 Å². The summed E-state index contributed by atoms with van der Waals surface area (Å²) in [6, 6.07) is 83.4. The molecule has 0 saturated heterocycles. The zero-order chi connectivity index (χ0) is 53.4. The van der Waals surface area contributed by atoms with Gasteiger partial charge in [0.05, 0.1) is 11.4 Å². The molecule has 0 saturated carbocycles. The van der Waals surface area contributed by atoms with E-state index in [2.05, 4.69) is 291 Å². The summed E-state index contributed by atoms with van der Waals surface area (Å²) in [5, 5.41) is 8.99. The van der Waals surface area contributed by atoms with E-state index in [1.165, 1.54) is 142 Å². The average Bonchev–Trinajstić information content (AvgIpc) is 3.41. The molecule has 0 bridgehead atoms. The van der Waals surface area contributed by atoms with Crippen molar-refractivity contribution >= 4 is 110 Å². The normalized spacial score (nSPS) is 13.4. The van der Waals surface area contributed by atoms with E-state index in [4.69, 9.17) is 0 Å². The largest absolute Gasteiger partial charge is 0.311 e. The van der Waals surface area contributed by atoms with Crippen molar-refractivity contribution in [2.75, 3.05) is 9.80 Å². The number of nitrogens with zero attached hydrogens (tertiary/aromatic N) is 2. The van der Waals surface area contributed by atoms with E-state index in [0.717, 1.165) is 0 Å². The molecule has 11 aromatic carbocycles. The molecule has 14 rings (SSSR count). The molecule has 2 nitrogen and oxygen atoms in total. The summed E-state index contributed by atoms with van der Waals surface area (Å²) >= 11 is 1.97. The standard InChI is InChI=1S/C74H63BN2S/c1-72(2,3)51-32-36-54(37-33-51)76-66-24-17-25-67-69(66)75(71-70(76)62-45-53(74(7,8)9)35-41-68(62)78-71)63-43-49(48-28-26-47(27-29-48)46-18-11-10-12-19-46)31-39-65(63)77(67)64-40-34-52(73(4,5)6)44-60(64)50-30-38-59-57-22-14-13-20-55(57)56-21-15-16-23-58(56)61(59)42-50/h10-45H,1-9H3. The molecule has 4 heteroatoms. The van der Waals surface area contributed by atoms with Gasteiger partial charge in [0.25, 0.3) is 6.71 Å². The highest BCUT2D eigenvalue weighted by Crippen LogP contribution is 2.51. The predicted octanol–water partition coefficient (Wildman–Crippen LogP) is 19.3. The zero-order valence-electron chi connectivity index (χ0n) is 46.2. The quantitative estimate of drug-likeness (QED) is 0.125. The number of rotatable bonds is 5. The Morgan fingerprint density at radius 3 is 1.47 bits per heavy atom. The molecule has 78 heavy (non-hydrogen) atoms. The first-order valence-corrected chi connectivity index (χ1v) is 28.6. The molecule has 0 unspecified atom stereocenters. The van der Waals surface area contributed by atoms with Crippen molar-refractivity contribution in [2.24, 2.45) is 0 Å². The third kappa shape index (κ3) is 7.74. The molecule has 0 N–H and O–H groups in total. The molecular weight excluding hydrogens is 960 g/mol. The molecule has 12 aromatic rings. The van der Waals surface area contributed by atoms with Gasteiger partial charge in [-0.2, -0.15) is 0 Å². The van der Waals surface area contributed by atoms with Gasteiger partial charge >= 0.3 is 0 Å². The van der Waals surface area contributed by atoms with Crippen LogP contribution in [0.3, 0.4) is 0 Å². The number of hydrogen-bond donors (Lipinski definition) is 0. The summed E-state index contributed by atoms with van der Waals surface area (Å²) in [5.74, 6) is 0. The van der Waals surface area contributed by atoms with Crippen molar-refractivity contribution in [3.8, 4) is 33.4 Å². The van der Waals surface area contributed by atoms with Crippen LogP contribution >= 0.6 is 11.3 Å². The van der Waals surface area contributed by atoms with E-state index in [-0.39, 0.29) is 23.0 Å². The van der Waals surface area contributed by atoms with Gasteiger partial charge in [-0.15, -0.1) is 11.3 Å². The van der Waals surface area contributed by atoms with Gasteiger partial charge in [-0.25, -0.2) is 0 Å². The van der Waals surface area contributed by atoms with Crippen LogP contribution in [0.15, 0.2) is 218 Å². The highest BCUT2D eigenvalue weighted by atomic mass is 32.1. The molecule has 0 fully saturated rings. The van der Waals surface area contributed by atoms with Crippen LogP contribution in [0, 0.1) is 0 Å². The third-order valence-corrected chi connectivity index (χ3v) is 18.2. The van der Waals surface area contributed by atoms with Gasteiger partial charge in [-0.05, 0) is 165 Å². The number of anilines is 6. The Kier molecular flexibility index (Phi) is 10.9. The van der Waals surface area contributed by atoms with Crippen LogP contribution < -0.4 is 25.5 Å². The Labute approximate surface area is 464 Å². The van der Waals surface area contributed by atoms with Crippen LogP contribution in [0.1, 0.15) is 79.0 Å². The van der Waals surface area contributed by atoms with Gasteiger partial charge < -0.3 is 9.80 Å². The Morgan fingerprint density at radius 1 is 0.333 bits per heavy atom. The fourth-order valence-corrected chi connectivity index (χ4v) is 14.0. The highest BCUT2D eigenvalue weighted by molar-refractivity contribution is 7.33. The maximum absolute atomic E-state index is 2.62. The van der Waals surface area contributed by atoms with E-state index in [9.17, 15) is 0 Å². The van der Waals surface area contributed by atoms with Crippen LogP contribution in [0.2, 0.25) is 0 Å². The summed E-state index contributed by atoms with van der Waals surface area (Å²) < 4.78 is 2.69. The zero-order valence-corrected chi connectivity index (χ0v) is 47.0. The van der Waals surface area contributed by atoms with Gasteiger partial charge in [0.1, 0.15) is 0 Å². The molecule has 0 spiro atoms. The fourth-order valence-electron chi connectivity index (χ4n) is 12.7. The van der Waals surface area contributed by atoms with Crippen molar-refractivity contribution in [3.05, 3.63) is 235 Å². The van der Waals surface area contributed by atoms with Crippen LogP contribution in [0.25, 0.3) is 75.8 Å². The molecule has 2 aliphatic heterocycles. The van der Waals surface area contributed by atoms with Gasteiger partial charge in [0.2, 0.25) is 0 Å². The molecule has 0 amide bonds. The van der Waals surface area contributed by atoms with Crippen molar-refractivity contribution in [1.29, 1.82) is 0 Å². The van der Waals surface area contributed by atoms with Gasteiger partial charge in [0, 0.05) is 43.2 Å². The van der Waals surface area contributed by atoms with E-state index < -0.39 is 0 Å². The summed E-state index contributed by atoms with van der Waals surface area (Å²) in [5.41, 5.74) is 21.1. The second-order valence-corrected chi connectivity index (χ2v) is 26.0. The lowest BCUT2D eigenvalue weighted by atomic mass is 9.36. The van der Waals surface area contributed by atoms with Gasteiger partial charge in [-0.1, -0.05) is 220 Å². The van der Waals surface area contributed by atoms with Crippen molar-refractivity contribution < 1.29 is 0 Å². The topological polar surface area (TPSA) is 6.48 Å². The molecular formula is C74H63BN2S. The van der Waals surface area contributed by atoms with Gasteiger partial charge in [0.15, 0.2) is 0 Å². The maximum atomic E-state index is 2.62. The molecule has 0 atom stereocenters. The Morgan fingerprint density at radius 2 is 0.833 bits per heavy atom. The monoisotopic (exact) mass is 1020 g/mol.